The lowest BCUT2D eigenvalue weighted by Gasteiger charge is -2.29. The first kappa shape index (κ1) is 16.3. The molecule has 1 saturated heterocycles. The fraction of sp³-hybridized carbons (Fsp3) is 0.474. The van der Waals surface area contributed by atoms with E-state index in [9.17, 15) is 9.90 Å². The summed E-state index contributed by atoms with van der Waals surface area (Å²) in [5, 5.41) is 12.9. The fourth-order valence-corrected chi connectivity index (χ4v) is 4.04. The number of amides is 1. The molecule has 0 spiro atoms. The number of carbonyl (C=O) groups is 1. The Morgan fingerprint density at radius 3 is 2.84 bits per heavy atom. The summed E-state index contributed by atoms with van der Waals surface area (Å²) in [5.41, 5.74) is 1.46. The molecule has 1 aromatic carbocycles. The molecule has 4 rings (SSSR count). The van der Waals surface area contributed by atoms with E-state index >= 15 is 0 Å². The summed E-state index contributed by atoms with van der Waals surface area (Å²) in [4.78, 5) is 22.4. The van der Waals surface area contributed by atoms with Crippen LogP contribution in [-0.4, -0.2) is 57.2 Å². The van der Waals surface area contributed by atoms with Gasteiger partial charge in [0.05, 0.1) is 12.3 Å². The van der Waals surface area contributed by atoms with Gasteiger partial charge in [-0.2, -0.15) is 0 Å². The van der Waals surface area contributed by atoms with Crippen LogP contribution in [0.25, 0.3) is 11.4 Å². The summed E-state index contributed by atoms with van der Waals surface area (Å²) < 4.78 is 0. The number of imidazole rings is 1. The molecule has 3 atom stereocenters. The second-order valence-corrected chi connectivity index (χ2v) is 7.03. The highest BCUT2D eigenvalue weighted by Gasteiger charge is 2.36. The maximum Gasteiger partial charge on any atom is 0.269 e. The number of aliphatic hydroxyl groups excluding tert-OH is 1. The summed E-state index contributed by atoms with van der Waals surface area (Å²) >= 11 is 0. The predicted octanol–water partition coefficient (Wildman–Crippen LogP) is 1.79. The van der Waals surface area contributed by atoms with E-state index < -0.39 is 0 Å². The summed E-state index contributed by atoms with van der Waals surface area (Å²) in [6.07, 6.45) is 5.39. The average molecular weight is 340 g/mol. The van der Waals surface area contributed by atoms with Gasteiger partial charge in [0.25, 0.3) is 5.91 Å². The lowest BCUT2D eigenvalue weighted by molar-refractivity contribution is 0.0901. The lowest BCUT2D eigenvalue weighted by Crippen LogP contribution is -2.48. The Bertz CT molecular complexity index is 730. The molecule has 1 aliphatic carbocycles. The van der Waals surface area contributed by atoms with Crippen LogP contribution in [0.15, 0.2) is 36.5 Å². The SMILES string of the molecule is O=C(N[C@@H]1CCC[C@@H]1N1CCC(O)C1)c1cnc(-c2ccccc2)[nH]1. The molecule has 2 fully saturated rings. The molecule has 1 saturated carbocycles. The van der Waals surface area contributed by atoms with Crippen LogP contribution in [0.3, 0.4) is 0 Å². The van der Waals surface area contributed by atoms with E-state index in [0.717, 1.165) is 44.3 Å². The molecule has 1 aromatic heterocycles. The normalized spacial score (nSPS) is 26.8. The van der Waals surface area contributed by atoms with Gasteiger partial charge in [-0.05, 0) is 25.7 Å². The Morgan fingerprint density at radius 1 is 1.24 bits per heavy atom. The molecule has 2 aromatic rings. The zero-order chi connectivity index (χ0) is 17.2. The summed E-state index contributed by atoms with van der Waals surface area (Å²) in [6.45, 7) is 1.64. The van der Waals surface area contributed by atoms with Crippen molar-refractivity contribution >= 4 is 5.91 Å². The minimum Gasteiger partial charge on any atom is -0.392 e. The van der Waals surface area contributed by atoms with E-state index in [0.29, 0.717) is 17.6 Å². The molecule has 0 bridgehead atoms. The van der Waals surface area contributed by atoms with Crippen molar-refractivity contribution in [1.29, 1.82) is 0 Å². The standard InChI is InChI=1S/C19H24N4O2/c24-14-9-10-23(12-14)17-8-4-7-15(17)22-19(25)16-11-20-18(21-16)13-5-2-1-3-6-13/h1-3,5-6,11,14-15,17,24H,4,7-10,12H2,(H,20,21)(H,22,25)/t14?,15-,17+/m1/s1. The number of hydrogen-bond acceptors (Lipinski definition) is 4. The van der Waals surface area contributed by atoms with Crippen molar-refractivity contribution in [2.24, 2.45) is 0 Å². The number of hydrogen-bond donors (Lipinski definition) is 3. The van der Waals surface area contributed by atoms with Gasteiger partial charge in [0, 0.05) is 30.7 Å². The first-order chi connectivity index (χ1) is 12.2. The highest BCUT2D eigenvalue weighted by Crippen LogP contribution is 2.27. The van der Waals surface area contributed by atoms with Crippen LogP contribution in [0.5, 0.6) is 0 Å². The van der Waals surface area contributed by atoms with Gasteiger partial charge in [0.1, 0.15) is 11.5 Å². The largest absolute Gasteiger partial charge is 0.392 e. The van der Waals surface area contributed by atoms with E-state index in [1.54, 1.807) is 6.20 Å². The lowest BCUT2D eigenvalue weighted by atomic mass is 10.1. The number of aliphatic hydroxyl groups is 1. The first-order valence-corrected chi connectivity index (χ1v) is 9.04. The minimum absolute atomic E-state index is 0.105. The van der Waals surface area contributed by atoms with Gasteiger partial charge in [-0.3, -0.25) is 9.69 Å². The van der Waals surface area contributed by atoms with Crippen molar-refractivity contribution < 1.29 is 9.90 Å². The average Bonchev–Trinajstić information content (AvgIpc) is 3.35. The first-order valence-electron chi connectivity index (χ1n) is 9.04. The maximum atomic E-state index is 12.6. The smallest absolute Gasteiger partial charge is 0.269 e. The van der Waals surface area contributed by atoms with Crippen LogP contribution in [-0.2, 0) is 0 Å². The molecular weight excluding hydrogens is 316 g/mol. The maximum absolute atomic E-state index is 12.6. The van der Waals surface area contributed by atoms with Crippen LogP contribution < -0.4 is 5.32 Å². The number of nitrogens with one attached hydrogen (secondary N) is 2. The van der Waals surface area contributed by atoms with Gasteiger partial charge in [0.2, 0.25) is 0 Å². The van der Waals surface area contributed by atoms with Crippen LogP contribution in [0.1, 0.15) is 36.2 Å². The van der Waals surface area contributed by atoms with Gasteiger partial charge in [-0.1, -0.05) is 30.3 Å². The molecule has 1 unspecified atom stereocenters. The highest BCUT2D eigenvalue weighted by atomic mass is 16.3. The van der Waals surface area contributed by atoms with Crippen molar-refractivity contribution in [2.45, 2.75) is 43.9 Å². The van der Waals surface area contributed by atoms with Crippen LogP contribution in [0.4, 0.5) is 0 Å². The van der Waals surface area contributed by atoms with E-state index in [-0.39, 0.29) is 18.1 Å². The Balaban J connectivity index is 1.42. The second-order valence-electron chi connectivity index (χ2n) is 7.03. The zero-order valence-corrected chi connectivity index (χ0v) is 14.2. The Hall–Kier alpha value is -2.18. The molecule has 6 nitrogen and oxygen atoms in total. The molecule has 0 radical (unpaired) electrons. The van der Waals surface area contributed by atoms with Crippen molar-refractivity contribution in [2.75, 3.05) is 13.1 Å². The Morgan fingerprint density at radius 2 is 2.08 bits per heavy atom. The van der Waals surface area contributed by atoms with Crippen molar-refractivity contribution in [3.63, 3.8) is 0 Å². The fourth-order valence-electron chi connectivity index (χ4n) is 4.04. The summed E-state index contributed by atoms with van der Waals surface area (Å²) in [6, 6.07) is 10.3. The van der Waals surface area contributed by atoms with Gasteiger partial charge in [-0.15, -0.1) is 0 Å². The number of nitrogens with zero attached hydrogens (tertiary/aromatic N) is 2. The number of carbonyl (C=O) groups excluding carboxylic acids is 1. The van der Waals surface area contributed by atoms with Gasteiger partial charge < -0.3 is 15.4 Å². The third-order valence-electron chi connectivity index (χ3n) is 5.33. The number of H-pyrrole nitrogens is 1. The van der Waals surface area contributed by atoms with E-state index in [2.05, 4.69) is 20.2 Å². The van der Waals surface area contributed by atoms with E-state index in [1.165, 1.54) is 0 Å². The number of aromatic nitrogens is 2. The van der Waals surface area contributed by atoms with Crippen LogP contribution in [0, 0.1) is 0 Å². The minimum atomic E-state index is -0.224. The quantitative estimate of drug-likeness (QED) is 0.793. The highest BCUT2D eigenvalue weighted by molar-refractivity contribution is 5.93. The number of likely N-dealkylation sites (tertiary alicyclic amines) is 1. The number of benzene rings is 1. The predicted molar refractivity (Wildman–Crippen MR) is 95.1 cm³/mol. The number of rotatable bonds is 4. The van der Waals surface area contributed by atoms with Gasteiger partial charge in [-0.25, -0.2) is 4.98 Å². The molecule has 25 heavy (non-hydrogen) atoms. The molecule has 2 heterocycles. The van der Waals surface area contributed by atoms with Crippen LogP contribution >= 0.6 is 0 Å². The number of β-amino-alcohol motifs (C(OH)–C–C–N with tert-alkyl or cyclic N) is 1. The Kier molecular flexibility index (Phi) is 4.55. The van der Waals surface area contributed by atoms with Crippen molar-refractivity contribution in [3.8, 4) is 11.4 Å². The molecule has 1 aliphatic heterocycles. The third kappa shape index (κ3) is 3.45. The summed E-state index contributed by atoms with van der Waals surface area (Å²) in [7, 11) is 0. The molecule has 2 aliphatic rings. The third-order valence-corrected chi connectivity index (χ3v) is 5.33. The zero-order valence-electron chi connectivity index (χ0n) is 14.2. The molecule has 1 amide bonds. The van der Waals surface area contributed by atoms with E-state index in [4.69, 9.17) is 0 Å². The van der Waals surface area contributed by atoms with Crippen molar-refractivity contribution in [1.82, 2.24) is 20.2 Å². The van der Waals surface area contributed by atoms with Crippen LogP contribution in [0.2, 0.25) is 0 Å². The molecule has 3 N–H and O–H groups in total. The van der Waals surface area contributed by atoms with Gasteiger partial charge >= 0.3 is 0 Å². The Labute approximate surface area is 147 Å². The van der Waals surface area contributed by atoms with Crippen molar-refractivity contribution in [3.05, 3.63) is 42.2 Å². The topological polar surface area (TPSA) is 81.2 Å². The van der Waals surface area contributed by atoms with E-state index in [1.807, 2.05) is 30.3 Å². The number of aromatic amines is 1. The summed E-state index contributed by atoms with van der Waals surface area (Å²) in [5.74, 6) is 0.600. The second kappa shape index (κ2) is 6.98. The van der Waals surface area contributed by atoms with Gasteiger partial charge in [0.15, 0.2) is 0 Å². The molecular formula is C19H24N4O2. The molecule has 6 heteroatoms. The monoisotopic (exact) mass is 340 g/mol. The molecule has 132 valence electrons.